The number of carbonyl (C=O) groups excluding carboxylic acids is 4. The second-order valence-electron chi connectivity index (χ2n) is 12.4. The highest BCUT2D eigenvalue weighted by molar-refractivity contribution is 5.92. The Kier molecular flexibility index (Phi) is 12.6. The molecule has 2 rings (SSSR count). The van der Waals surface area contributed by atoms with Gasteiger partial charge in [-0.2, -0.15) is 0 Å². The zero-order valence-electron chi connectivity index (χ0n) is 26.3. The molecular formula is C33H47N3O6. The van der Waals surface area contributed by atoms with E-state index in [1.54, 1.807) is 47.6 Å². The van der Waals surface area contributed by atoms with Crippen LogP contribution < -0.4 is 10.6 Å². The highest BCUT2D eigenvalue weighted by atomic mass is 16.6. The van der Waals surface area contributed by atoms with Gasteiger partial charge < -0.3 is 25.0 Å². The first-order valence-electron chi connectivity index (χ1n) is 14.5. The van der Waals surface area contributed by atoms with Crippen molar-refractivity contribution in [3.05, 3.63) is 71.3 Å². The van der Waals surface area contributed by atoms with Crippen molar-refractivity contribution < 1.29 is 28.7 Å². The third-order valence-corrected chi connectivity index (χ3v) is 6.06. The molecule has 0 aliphatic rings. The smallest absolute Gasteiger partial charge is 0.408 e. The lowest BCUT2D eigenvalue weighted by molar-refractivity contribution is -0.159. The lowest BCUT2D eigenvalue weighted by Crippen LogP contribution is -2.52. The zero-order valence-corrected chi connectivity index (χ0v) is 26.3. The molecular weight excluding hydrogens is 534 g/mol. The quantitative estimate of drug-likeness (QED) is 0.331. The molecule has 0 aromatic heterocycles. The van der Waals surface area contributed by atoms with Gasteiger partial charge in [0.25, 0.3) is 0 Å². The predicted molar refractivity (Wildman–Crippen MR) is 163 cm³/mol. The molecule has 0 heterocycles. The molecule has 0 radical (unpaired) electrons. The number of carbonyl (C=O) groups is 4. The Hall–Kier alpha value is -3.88. The minimum Gasteiger partial charge on any atom is -0.458 e. The van der Waals surface area contributed by atoms with Crippen molar-refractivity contribution in [2.45, 2.75) is 97.9 Å². The van der Waals surface area contributed by atoms with E-state index >= 15 is 0 Å². The van der Waals surface area contributed by atoms with Crippen molar-refractivity contribution in [2.75, 3.05) is 13.1 Å². The molecule has 2 N–H and O–H groups in total. The Labute approximate surface area is 250 Å². The molecule has 0 bridgehead atoms. The molecule has 2 aromatic rings. The van der Waals surface area contributed by atoms with E-state index in [0.717, 1.165) is 17.5 Å². The van der Waals surface area contributed by atoms with Crippen LogP contribution in [0.3, 0.4) is 0 Å². The van der Waals surface area contributed by atoms with Crippen molar-refractivity contribution in [3.63, 3.8) is 0 Å². The van der Waals surface area contributed by atoms with Gasteiger partial charge in [0.2, 0.25) is 11.8 Å². The maximum Gasteiger partial charge on any atom is 0.408 e. The van der Waals surface area contributed by atoms with Crippen molar-refractivity contribution in [1.29, 1.82) is 0 Å². The van der Waals surface area contributed by atoms with Crippen LogP contribution in [-0.2, 0) is 30.3 Å². The van der Waals surface area contributed by atoms with Gasteiger partial charge in [-0.15, -0.1) is 0 Å². The number of amides is 3. The number of rotatable bonds is 12. The van der Waals surface area contributed by atoms with E-state index in [1.807, 2.05) is 62.4 Å². The molecule has 9 nitrogen and oxygen atoms in total. The molecule has 2 aromatic carbocycles. The Morgan fingerprint density at radius 1 is 0.881 bits per heavy atom. The Morgan fingerprint density at radius 3 is 2.10 bits per heavy atom. The van der Waals surface area contributed by atoms with Gasteiger partial charge in [-0.05, 0) is 66.0 Å². The van der Waals surface area contributed by atoms with E-state index in [1.165, 1.54) is 4.90 Å². The number of aryl methyl sites for hydroxylation is 1. The number of nitrogens with zero attached hydrogens (tertiary/aromatic N) is 1. The summed E-state index contributed by atoms with van der Waals surface area (Å²) >= 11 is 0. The summed E-state index contributed by atoms with van der Waals surface area (Å²) < 4.78 is 10.9. The Bertz CT molecular complexity index is 1200. The summed E-state index contributed by atoms with van der Waals surface area (Å²) in [5.41, 5.74) is 0.864. The maximum absolute atomic E-state index is 14.1. The fourth-order valence-corrected chi connectivity index (χ4v) is 4.27. The third-order valence-electron chi connectivity index (χ3n) is 6.06. The number of nitrogens with one attached hydrogen (secondary N) is 2. The molecule has 0 saturated heterocycles. The molecule has 230 valence electrons. The van der Waals surface area contributed by atoms with E-state index < -0.39 is 47.2 Å². The van der Waals surface area contributed by atoms with E-state index in [2.05, 4.69) is 10.6 Å². The zero-order chi connectivity index (χ0) is 31.5. The summed E-state index contributed by atoms with van der Waals surface area (Å²) in [6, 6.07) is 14.7. The average molecular weight is 582 g/mol. The number of hydrogen-bond acceptors (Lipinski definition) is 6. The highest BCUT2D eigenvalue weighted by Crippen LogP contribution is 2.24. The summed E-state index contributed by atoms with van der Waals surface area (Å²) in [6.07, 6.45) is 0.897. The van der Waals surface area contributed by atoms with Gasteiger partial charge in [-0.3, -0.25) is 9.59 Å². The summed E-state index contributed by atoms with van der Waals surface area (Å²) in [4.78, 5) is 54.8. The SMILES string of the molecule is CCCCN(C(=O)CNC(=O)OC(C)(C)C)C(C(=O)NC(Cc1ccccc1)C(=O)OC(C)(C)C)c1cccc(C)c1. The second kappa shape index (κ2) is 15.4. The van der Waals surface area contributed by atoms with E-state index in [0.29, 0.717) is 12.0 Å². The Morgan fingerprint density at radius 2 is 1.52 bits per heavy atom. The standard InChI is InChI=1S/C33H47N3O6/c1-9-10-19-36(27(37)22-34-31(40)42-33(6,7)8)28(25-18-14-15-23(2)20-25)29(38)35-26(30(39)41-32(3,4)5)21-24-16-12-11-13-17-24/h11-18,20,26,28H,9-10,19,21-22H2,1-8H3,(H,34,40)(H,35,38). The van der Waals surface area contributed by atoms with Gasteiger partial charge in [0.1, 0.15) is 29.8 Å². The van der Waals surface area contributed by atoms with Crippen molar-refractivity contribution >= 4 is 23.9 Å². The summed E-state index contributed by atoms with van der Waals surface area (Å²) in [6.45, 7) is 14.3. The largest absolute Gasteiger partial charge is 0.458 e. The van der Waals surface area contributed by atoms with Gasteiger partial charge >= 0.3 is 12.1 Å². The van der Waals surface area contributed by atoms with Gasteiger partial charge in [-0.25, -0.2) is 9.59 Å². The molecule has 0 spiro atoms. The van der Waals surface area contributed by atoms with Crippen LogP contribution in [0.4, 0.5) is 4.79 Å². The van der Waals surface area contributed by atoms with Crippen LogP contribution in [-0.4, -0.2) is 59.1 Å². The summed E-state index contributed by atoms with van der Waals surface area (Å²) in [5.74, 6) is -1.54. The van der Waals surface area contributed by atoms with Crippen LogP contribution >= 0.6 is 0 Å². The summed E-state index contributed by atoms with van der Waals surface area (Å²) in [7, 11) is 0. The average Bonchev–Trinajstić information content (AvgIpc) is 2.87. The fourth-order valence-electron chi connectivity index (χ4n) is 4.27. The number of ether oxygens (including phenoxy) is 2. The number of esters is 1. The maximum atomic E-state index is 14.1. The number of hydrogen-bond donors (Lipinski definition) is 2. The van der Waals surface area contributed by atoms with E-state index in [4.69, 9.17) is 9.47 Å². The minimum absolute atomic E-state index is 0.213. The first kappa shape index (κ1) is 34.3. The van der Waals surface area contributed by atoms with E-state index in [-0.39, 0.29) is 19.5 Å². The number of benzene rings is 2. The molecule has 2 atom stereocenters. The predicted octanol–water partition coefficient (Wildman–Crippen LogP) is 5.26. The highest BCUT2D eigenvalue weighted by Gasteiger charge is 2.35. The van der Waals surface area contributed by atoms with Crippen LogP contribution in [0.25, 0.3) is 0 Å². The van der Waals surface area contributed by atoms with Crippen LogP contribution in [0.2, 0.25) is 0 Å². The normalized spacial score (nSPS) is 13.0. The van der Waals surface area contributed by atoms with Crippen LogP contribution in [0.15, 0.2) is 54.6 Å². The fraction of sp³-hybridized carbons (Fsp3) is 0.515. The third kappa shape index (κ3) is 11.9. The van der Waals surface area contributed by atoms with Crippen LogP contribution in [0.5, 0.6) is 0 Å². The lowest BCUT2D eigenvalue weighted by Gasteiger charge is -2.33. The first-order valence-corrected chi connectivity index (χ1v) is 14.5. The first-order chi connectivity index (χ1) is 19.6. The van der Waals surface area contributed by atoms with Crippen molar-refractivity contribution in [1.82, 2.24) is 15.5 Å². The summed E-state index contributed by atoms with van der Waals surface area (Å²) in [5, 5.41) is 5.41. The van der Waals surface area contributed by atoms with Gasteiger partial charge in [0.05, 0.1) is 0 Å². The van der Waals surface area contributed by atoms with Gasteiger partial charge in [0.15, 0.2) is 0 Å². The monoisotopic (exact) mass is 581 g/mol. The molecule has 0 fully saturated rings. The van der Waals surface area contributed by atoms with Crippen molar-refractivity contribution in [3.8, 4) is 0 Å². The van der Waals surface area contributed by atoms with Crippen LogP contribution in [0.1, 0.15) is 84.0 Å². The second-order valence-corrected chi connectivity index (χ2v) is 12.4. The molecule has 0 saturated carbocycles. The minimum atomic E-state index is -1.05. The Balaban J connectivity index is 2.45. The van der Waals surface area contributed by atoms with Crippen LogP contribution in [0, 0.1) is 6.92 Å². The molecule has 9 heteroatoms. The lowest BCUT2D eigenvalue weighted by atomic mass is 9.99. The molecule has 42 heavy (non-hydrogen) atoms. The number of unbranched alkanes of at least 4 members (excludes halogenated alkanes) is 1. The van der Waals surface area contributed by atoms with Gasteiger partial charge in [0, 0.05) is 13.0 Å². The number of alkyl carbamates (subject to hydrolysis) is 1. The molecule has 0 aliphatic heterocycles. The van der Waals surface area contributed by atoms with Gasteiger partial charge in [-0.1, -0.05) is 73.5 Å². The van der Waals surface area contributed by atoms with Crippen molar-refractivity contribution in [2.24, 2.45) is 0 Å². The molecule has 3 amide bonds. The molecule has 2 unspecified atom stereocenters. The molecule has 0 aliphatic carbocycles. The topological polar surface area (TPSA) is 114 Å². The van der Waals surface area contributed by atoms with E-state index in [9.17, 15) is 19.2 Å².